The highest BCUT2D eigenvalue weighted by atomic mass is 16.2. The molecule has 94 valence electrons. The number of hydrogen-bond donors (Lipinski definition) is 2. The third-order valence-corrected chi connectivity index (χ3v) is 2.74. The van der Waals surface area contributed by atoms with Crippen LogP contribution in [0.1, 0.15) is 39.3 Å². The van der Waals surface area contributed by atoms with Crippen molar-refractivity contribution in [2.45, 2.75) is 39.3 Å². The molecule has 0 radical (unpaired) electrons. The lowest BCUT2D eigenvalue weighted by Crippen LogP contribution is -2.52. The third-order valence-electron chi connectivity index (χ3n) is 2.74. The summed E-state index contributed by atoms with van der Waals surface area (Å²) in [5.41, 5.74) is 0.511. The van der Waals surface area contributed by atoms with Gasteiger partial charge in [-0.15, -0.1) is 0 Å². The molecule has 0 aliphatic rings. The standard InChI is InChI=1S/C13H21N3O/c1-5-15-13(3,4)12(17)16-10(2)11-6-8-14-9-7-11/h6-10,15H,5H2,1-4H3,(H,16,17)/t10-/m1/s1. The molecule has 4 nitrogen and oxygen atoms in total. The van der Waals surface area contributed by atoms with Crippen molar-refractivity contribution in [3.8, 4) is 0 Å². The van der Waals surface area contributed by atoms with Crippen LogP contribution in [0.4, 0.5) is 0 Å². The molecule has 1 amide bonds. The van der Waals surface area contributed by atoms with E-state index in [2.05, 4.69) is 15.6 Å². The fourth-order valence-corrected chi connectivity index (χ4v) is 1.63. The number of nitrogens with zero attached hydrogens (tertiary/aromatic N) is 1. The van der Waals surface area contributed by atoms with Crippen LogP contribution in [0.5, 0.6) is 0 Å². The van der Waals surface area contributed by atoms with Gasteiger partial charge in [0, 0.05) is 12.4 Å². The average Bonchev–Trinajstić information content (AvgIpc) is 2.30. The van der Waals surface area contributed by atoms with Gasteiger partial charge < -0.3 is 10.6 Å². The molecule has 0 saturated heterocycles. The fraction of sp³-hybridized carbons (Fsp3) is 0.538. The van der Waals surface area contributed by atoms with Gasteiger partial charge in [0.2, 0.25) is 5.91 Å². The molecule has 0 bridgehead atoms. The highest BCUT2D eigenvalue weighted by Gasteiger charge is 2.27. The third kappa shape index (κ3) is 3.82. The van der Waals surface area contributed by atoms with Gasteiger partial charge >= 0.3 is 0 Å². The smallest absolute Gasteiger partial charge is 0.240 e. The van der Waals surface area contributed by atoms with Gasteiger partial charge in [0.15, 0.2) is 0 Å². The minimum Gasteiger partial charge on any atom is -0.348 e. The van der Waals surface area contributed by atoms with Crippen LogP contribution in [0.3, 0.4) is 0 Å². The van der Waals surface area contributed by atoms with Gasteiger partial charge in [-0.3, -0.25) is 9.78 Å². The molecule has 1 aromatic heterocycles. The molecule has 0 aromatic carbocycles. The molecule has 0 unspecified atom stereocenters. The van der Waals surface area contributed by atoms with Crippen LogP contribution in [0.2, 0.25) is 0 Å². The van der Waals surface area contributed by atoms with Crippen LogP contribution < -0.4 is 10.6 Å². The second-order valence-corrected chi connectivity index (χ2v) is 4.63. The second-order valence-electron chi connectivity index (χ2n) is 4.63. The van der Waals surface area contributed by atoms with Gasteiger partial charge in [-0.25, -0.2) is 0 Å². The largest absolute Gasteiger partial charge is 0.348 e. The Bertz CT molecular complexity index is 362. The van der Waals surface area contributed by atoms with E-state index < -0.39 is 5.54 Å². The van der Waals surface area contributed by atoms with Crippen LogP contribution >= 0.6 is 0 Å². The number of pyridine rings is 1. The van der Waals surface area contributed by atoms with E-state index in [4.69, 9.17) is 0 Å². The molecule has 0 spiro atoms. The van der Waals surface area contributed by atoms with E-state index in [0.717, 1.165) is 12.1 Å². The van der Waals surface area contributed by atoms with Crippen molar-refractivity contribution < 1.29 is 4.79 Å². The summed E-state index contributed by atoms with van der Waals surface area (Å²) < 4.78 is 0. The maximum Gasteiger partial charge on any atom is 0.240 e. The number of carbonyl (C=O) groups is 1. The first-order valence-corrected chi connectivity index (χ1v) is 5.93. The molecule has 1 atom stereocenters. The van der Waals surface area contributed by atoms with E-state index in [0.29, 0.717) is 0 Å². The van der Waals surface area contributed by atoms with Gasteiger partial charge in [-0.05, 0) is 45.0 Å². The van der Waals surface area contributed by atoms with Crippen LogP contribution in [-0.2, 0) is 4.79 Å². The van der Waals surface area contributed by atoms with Crippen molar-refractivity contribution in [1.82, 2.24) is 15.6 Å². The summed E-state index contributed by atoms with van der Waals surface area (Å²) in [5, 5.41) is 6.15. The zero-order chi connectivity index (χ0) is 12.9. The Morgan fingerprint density at radius 2 is 2.00 bits per heavy atom. The number of hydrogen-bond acceptors (Lipinski definition) is 3. The number of carbonyl (C=O) groups excluding carboxylic acids is 1. The average molecular weight is 235 g/mol. The summed E-state index contributed by atoms with van der Waals surface area (Å²) in [6.45, 7) is 8.48. The first-order chi connectivity index (χ1) is 7.97. The first kappa shape index (κ1) is 13.6. The van der Waals surface area contributed by atoms with Crippen LogP contribution in [0.15, 0.2) is 24.5 Å². The molecular weight excluding hydrogens is 214 g/mol. The summed E-state index contributed by atoms with van der Waals surface area (Å²) in [6.07, 6.45) is 3.46. The lowest BCUT2D eigenvalue weighted by atomic mass is 10.0. The number of amides is 1. The van der Waals surface area contributed by atoms with E-state index in [-0.39, 0.29) is 11.9 Å². The summed E-state index contributed by atoms with van der Waals surface area (Å²) in [4.78, 5) is 16.0. The Kier molecular flexibility index (Phi) is 4.63. The molecule has 0 aliphatic carbocycles. The zero-order valence-corrected chi connectivity index (χ0v) is 10.9. The Morgan fingerprint density at radius 1 is 1.41 bits per heavy atom. The number of rotatable bonds is 5. The Balaban J connectivity index is 2.63. The summed E-state index contributed by atoms with van der Waals surface area (Å²) in [6, 6.07) is 3.81. The molecule has 0 fully saturated rings. The molecule has 1 heterocycles. The Hall–Kier alpha value is -1.42. The van der Waals surface area contributed by atoms with Crippen molar-refractivity contribution in [2.24, 2.45) is 0 Å². The lowest BCUT2D eigenvalue weighted by molar-refractivity contribution is -0.127. The van der Waals surface area contributed by atoms with Gasteiger partial charge in [-0.1, -0.05) is 6.92 Å². The lowest BCUT2D eigenvalue weighted by Gasteiger charge is -2.26. The van der Waals surface area contributed by atoms with Crippen molar-refractivity contribution in [3.05, 3.63) is 30.1 Å². The number of nitrogens with one attached hydrogen (secondary N) is 2. The van der Waals surface area contributed by atoms with E-state index in [1.54, 1.807) is 12.4 Å². The summed E-state index contributed by atoms with van der Waals surface area (Å²) >= 11 is 0. The SMILES string of the molecule is CCNC(C)(C)C(=O)N[C@H](C)c1ccncc1. The van der Waals surface area contributed by atoms with Crippen molar-refractivity contribution in [2.75, 3.05) is 6.54 Å². The van der Waals surface area contributed by atoms with Crippen molar-refractivity contribution in [1.29, 1.82) is 0 Å². The Morgan fingerprint density at radius 3 is 2.53 bits per heavy atom. The molecule has 0 saturated carbocycles. The first-order valence-electron chi connectivity index (χ1n) is 5.93. The maximum absolute atomic E-state index is 12.0. The van der Waals surface area contributed by atoms with Gasteiger partial charge in [0.1, 0.15) is 0 Å². The molecule has 1 rings (SSSR count). The predicted octanol–water partition coefficient (Wildman–Crippen LogP) is 1.65. The summed E-state index contributed by atoms with van der Waals surface area (Å²) in [5.74, 6) is 0.00339. The van der Waals surface area contributed by atoms with Crippen molar-refractivity contribution >= 4 is 5.91 Å². The summed E-state index contributed by atoms with van der Waals surface area (Å²) in [7, 11) is 0. The van der Waals surface area contributed by atoms with Gasteiger partial charge in [0.25, 0.3) is 0 Å². The minimum absolute atomic E-state index is 0.00339. The normalized spacial score (nSPS) is 13.2. The van der Waals surface area contributed by atoms with Crippen molar-refractivity contribution in [3.63, 3.8) is 0 Å². The maximum atomic E-state index is 12.0. The Labute approximate surface area is 103 Å². The second kappa shape index (κ2) is 5.77. The van der Waals surface area contributed by atoms with E-state index >= 15 is 0 Å². The highest BCUT2D eigenvalue weighted by Crippen LogP contribution is 2.12. The van der Waals surface area contributed by atoms with E-state index in [9.17, 15) is 4.79 Å². The monoisotopic (exact) mass is 235 g/mol. The zero-order valence-electron chi connectivity index (χ0n) is 10.9. The van der Waals surface area contributed by atoms with E-state index in [1.165, 1.54) is 0 Å². The van der Waals surface area contributed by atoms with Gasteiger partial charge in [0.05, 0.1) is 11.6 Å². The van der Waals surface area contributed by atoms with Crippen LogP contribution in [0, 0.1) is 0 Å². The number of likely N-dealkylation sites (N-methyl/N-ethyl adjacent to an activating group) is 1. The molecule has 0 aliphatic heterocycles. The van der Waals surface area contributed by atoms with Crippen LogP contribution in [0.25, 0.3) is 0 Å². The predicted molar refractivity (Wildman–Crippen MR) is 68.6 cm³/mol. The fourth-order valence-electron chi connectivity index (χ4n) is 1.63. The van der Waals surface area contributed by atoms with Crippen LogP contribution in [-0.4, -0.2) is 23.0 Å². The quantitative estimate of drug-likeness (QED) is 0.816. The molecule has 2 N–H and O–H groups in total. The number of aromatic nitrogens is 1. The van der Waals surface area contributed by atoms with Gasteiger partial charge in [-0.2, -0.15) is 0 Å². The molecular formula is C13H21N3O. The van der Waals surface area contributed by atoms with E-state index in [1.807, 2.05) is 39.8 Å². The molecule has 17 heavy (non-hydrogen) atoms. The highest BCUT2D eigenvalue weighted by molar-refractivity contribution is 5.85. The molecule has 4 heteroatoms. The topological polar surface area (TPSA) is 54.0 Å². The minimum atomic E-state index is -0.546. The molecule has 1 aromatic rings.